The standard InChI is InChI=1S/C7H5BrN2O/c8-7-6-4(1-2-9-6)5(11)3-10-7/h1-3,9,11H. The van der Waals surface area contributed by atoms with Crippen molar-refractivity contribution in [1.82, 2.24) is 9.97 Å². The summed E-state index contributed by atoms with van der Waals surface area (Å²) in [5.74, 6) is 0.199. The normalized spacial score (nSPS) is 10.6. The fourth-order valence-electron chi connectivity index (χ4n) is 1.01. The Morgan fingerprint density at radius 1 is 1.55 bits per heavy atom. The first kappa shape index (κ1) is 6.67. The highest BCUT2D eigenvalue weighted by Crippen LogP contribution is 2.26. The van der Waals surface area contributed by atoms with Gasteiger partial charge in [0.1, 0.15) is 10.4 Å². The van der Waals surface area contributed by atoms with Gasteiger partial charge in [-0.15, -0.1) is 0 Å². The summed E-state index contributed by atoms with van der Waals surface area (Å²) in [5, 5.41) is 10.1. The van der Waals surface area contributed by atoms with Crippen molar-refractivity contribution in [2.45, 2.75) is 0 Å². The maximum absolute atomic E-state index is 9.28. The molecule has 0 radical (unpaired) electrons. The predicted molar refractivity (Wildman–Crippen MR) is 45.5 cm³/mol. The van der Waals surface area contributed by atoms with Gasteiger partial charge in [0.05, 0.1) is 11.7 Å². The average molecular weight is 213 g/mol. The van der Waals surface area contributed by atoms with Crippen LogP contribution in [0.5, 0.6) is 5.75 Å². The number of hydrogen-bond acceptors (Lipinski definition) is 2. The van der Waals surface area contributed by atoms with Crippen LogP contribution in [0, 0.1) is 0 Å². The average Bonchev–Trinajstić information content (AvgIpc) is 2.45. The van der Waals surface area contributed by atoms with Gasteiger partial charge >= 0.3 is 0 Å². The molecule has 0 aliphatic heterocycles. The fourth-order valence-corrected chi connectivity index (χ4v) is 1.44. The Morgan fingerprint density at radius 3 is 3.09 bits per heavy atom. The second kappa shape index (κ2) is 2.23. The van der Waals surface area contributed by atoms with Crippen molar-refractivity contribution in [2.24, 2.45) is 0 Å². The molecule has 0 bridgehead atoms. The lowest BCUT2D eigenvalue weighted by Gasteiger charge is -1.94. The number of H-pyrrole nitrogens is 1. The Balaban J connectivity index is 2.96. The first-order valence-corrected chi connectivity index (χ1v) is 3.89. The van der Waals surface area contributed by atoms with Crippen LogP contribution in [0.15, 0.2) is 23.1 Å². The minimum Gasteiger partial charge on any atom is -0.506 e. The number of aromatic nitrogens is 2. The molecular weight excluding hydrogens is 208 g/mol. The molecule has 2 rings (SSSR count). The Labute approximate surface area is 71.2 Å². The van der Waals surface area contributed by atoms with Gasteiger partial charge in [-0.1, -0.05) is 0 Å². The first-order chi connectivity index (χ1) is 5.29. The SMILES string of the molecule is Oc1cnc(Br)c2[nH]ccc12. The molecular formula is C7H5BrN2O. The van der Waals surface area contributed by atoms with Gasteiger partial charge in [-0.05, 0) is 22.0 Å². The van der Waals surface area contributed by atoms with Crippen molar-refractivity contribution in [2.75, 3.05) is 0 Å². The molecule has 11 heavy (non-hydrogen) atoms. The lowest BCUT2D eigenvalue weighted by Crippen LogP contribution is -1.77. The van der Waals surface area contributed by atoms with Crippen LogP contribution in [-0.2, 0) is 0 Å². The van der Waals surface area contributed by atoms with Crippen LogP contribution in [0.25, 0.3) is 10.9 Å². The van der Waals surface area contributed by atoms with E-state index >= 15 is 0 Å². The molecule has 56 valence electrons. The van der Waals surface area contributed by atoms with E-state index in [2.05, 4.69) is 25.9 Å². The monoisotopic (exact) mass is 212 g/mol. The Morgan fingerprint density at radius 2 is 2.36 bits per heavy atom. The van der Waals surface area contributed by atoms with E-state index in [1.54, 1.807) is 12.3 Å². The number of aromatic hydroxyl groups is 1. The van der Waals surface area contributed by atoms with E-state index in [4.69, 9.17) is 0 Å². The van der Waals surface area contributed by atoms with Crippen LogP contribution in [0.3, 0.4) is 0 Å². The lowest BCUT2D eigenvalue weighted by atomic mass is 10.3. The second-order valence-electron chi connectivity index (χ2n) is 2.20. The molecule has 2 heterocycles. The highest BCUT2D eigenvalue weighted by molar-refractivity contribution is 9.10. The Kier molecular flexibility index (Phi) is 1.35. The summed E-state index contributed by atoms with van der Waals surface area (Å²) >= 11 is 3.26. The summed E-state index contributed by atoms with van der Waals surface area (Å²) in [6.07, 6.45) is 3.18. The van der Waals surface area contributed by atoms with E-state index in [-0.39, 0.29) is 5.75 Å². The van der Waals surface area contributed by atoms with Gasteiger partial charge in [-0.3, -0.25) is 0 Å². The zero-order valence-corrected chi connectivity index (χ0v) is 7.09. The Hall–Kier alpha value is -1.03. The first-order valence-electron chi connectivity index (χ1n) is 3.09. The van der Waals surface area contributed by atoms with Gasteiger partial charge in [0, 0.05) is 11.6 Å². The molecule has 2 aromatic rings. The maximum atomic E-state index is 9.28. The van der Waals surface area contributed by atoms with Gasteiger partial charge < -0.3 is 10.1 Å². The fraction of sp³-hybridized carbons (Fsp3) is 0. The topological polar surface area (TPSA) is 48.9 Å². The molecule has 0 fully saturated rings. The van der Waals surface area contributed by atoms with Crippen molar-refractivity contribution in [1.29, 1.82) is 0 Å². The molecule has 0 unspecified atom stereocenters. The van der Waals surface area contributed by atoms with E-state index in [1.165, 1.54) is 6.20 Å². The molecule has 2 N–H and O–H groups in total. The number of fused-ring (bicyclic) bond motifs is 1. The van der Waals surface area contributed by atoms with E-state index < -0.39 is 0 Å². The van der Waals surface area contributed by atoms with Crippen molar-refractivity contribution < 1.29 is 5.11 Å². The molecule has 0 aromatic carbocycles. The largest absolute Gasteiger partial charge is 0.506 e. The van der Waals surface area contributed by atoms with Gasteiger partial charge in [0.15, 0.2) is 0 Å². The second-order valence-corrected chi connectivity index (χ2v) is 2.95. The van der Waals surface area contributed by atoms with E-state index in [9.17, 15) is 5.11 Å². The number of pyridine rings is 1. The lowest BCUT2D eigenvalue weighted by molar-refractivity contribution is 0.479. The number of rotatable bonds is 0. The molecule has 0 saturated carbocycles. The summed E-state index contributed by atoms with van der Waals surface area (Å²) in [4.78, 5) is 6.87. The Bertz CT molecular complexity index is 360. The smallest absolute Gasteiger partial charge is 0.143 e. The summed E-state index contributed by atoms with van der Waals surface area (Å²) < 4.78 is 0.718. The van der Waals surface area contributed by atoms with Crippen molar-refractivity contribution in [3.8, 4) is 5.75 Å². The molecule has 0 saturated heterocycles. The van der Waals surface area contributed by atoms with Crippen LogP contribution in [-0.4, -0.2) is 15.1 Å². The third-order valence-corrected chi connectivity index (χ3v) is 2.13. The van der Waals surface area contributed by atoms with Gasteiger partial charge in [-0.2, -0.15) is 0 Å². The third-order valence-electron chi connectivity index (χ3n) is 1.53. The highest BCUT2D eigenvalue weighted by Gasteiger charge is 2.03. The van der Waals surface area contributed by atoms with E-state index in [0.29, 0.717) is 0 Å². The van der Waals surface area contributed by atoms with E-state index in [1.807, 2.05) is 0 Å². The van der Waals surface area contributed by atoms with Crippen molar-refractivity contribution in [3.63, 3.8) is 0 Å². The number of nitrogens with one attached hydrogen (secondary N) is 1. The quantitative estimate of drug-likeness (QED) is 0.657. The molecule has 2 aromatic heterocycles. The van der Waals surface area contributed by atoms with Gasteiger partial charge in [0.25, 0.3) is 0 Å². The molecule has 0 aliphatic carbocycles. The van der Waals surface area contributed by atoms with Gasteiger partial charge in [-0.25, -0.2) is 4.98 Å². The minimum absolute atomic E-state index is 0.199. The molecule has 3 nitrogen and oxygen atoms in total. The molecule has 0 atom stereocenters. The third kappa shape index (κ3) is 0.903. The molecule has 0 amide bonds. The summed E-state index contributed by atoms with van der Waals surface area (Å²) in [6.45, 7) is 0. The molecule has 0 spiro atoms. The van der Waals surface area contributed by atoms with Gasteiger partial charge in [0.2, 0.25) is 0 Å². The van der Waals surface area contributed by atoms with Crippen LogP contribution in [0.4, 0.5) is 0 Å². The zero-order valence-electron chi connectivity index (χ0n) is 5.50. The summed E-state index contributed by atoms with van der Waals surface area (Å²) in [6, 6.07) is 1.80. The summed E-state index contributed by atoms with van der Waals surface area (Å²) in [7, 11) is 0. The van der Waals surface area contributed by atoms with Crippen LogP contribution < -0.4 is 0 Å². The maximum Gasteiger partial charge on any atom is 0.143 e. The van der Waals surface area contributed by atoms with E-state index in [0.717, 1.165) is 15.5 Å². The summed E-state index contributed by atoms with van der Waals surface area (Å²) in [5.41, 5.74) is 0.824. The van der Waals surface area contributed by atoms with Crippen molar-refractivity contribution in [3.05, 3.63) is 23.1 Å². The number of nitrogens with zero attached hydrogens (tertiary/aromatic N) is 1. The van der Waals surface area contributed by atoms with Crippen LogP contribution >= 0.6 is 15.9 Å². The minimum atomic E-state index is 0.199. The number of hydrogen-bond donors (Lipinski definition) is 2. The highest BCUT2D eigenvalue weighted by atomic mass is 79.9. The number of aromatic amines is 1. The predicted octanol–water partition coefficient (Wildman–Crippen LogP) is 2.03. The van der Waals surface area contributed by atoms with Crippen molar-refractivity contribution >= 4 is 26.8 Å². The zero-order chi connectivity index (χ0) is 7.84. The molecule has 4 heteroatoms. The van der Waals surface area contributed by atoms with Crippen LogP contribution in [0.1, 0.15) is 0 Å². The van der Waals surface area contributed by atoms with Crippen LogP contribution in [0.2, 0.25) is 0 Å². The number of halogens is 1. The molecule has 0 aliphatic rings.